The predicted octanol–water partition coefficient (Wildman–Crippen LogP) is 4.70. The molecule has 1 aliphatic heterocycles. The first-order chi connectivity index (χ1) is 17.2. The normalized spacial score (nSPS) is 14.4. The molecule has 3 heterocycles. The van der Waals surface area contributed by atoms with Crippen LogP contribution in [0.25, 0.3) is 26.8 Å². The molecule has 0 amide bonds. The second-order valence-electron chi connectivity index (χ2n) is 8.53. The highest BCUT2D eigenvalue weighted by Gasteiger charge is 2.12. The molecule has 182 valence electrons. The lowest BCUT2D eigenvalue weighted by Crippen LogP contribution is -2.36. The Balaban J connectivity index is 1.12. The van der Waals surface area contributed by atoms with Gasteiger partial charge < -0.3 is 14.6 Å². The average Bonchev–Trinajstić information content (AvgIpc) is 3.47. The Morgan fingerprint density at radius 1 is 1.00 bits per heavy atom. The summed E-state index contributed by atoms with van der Waals surface area (Å²) in [5, 5.41) is 14.6. The number of hydrogen-bond donors (Lipinski definition) is 1. The van der Waals surface area contributed by atoms with Gasteiger partial charge in [0.05, 0.1) is 37.3 Å². The highest BCUT2D eigenvalue weighted by Crippen LogP contribution is 2.29. The van der Waals surface area contributed by atoms with Crippen molar-refractivity contribution in [2.24, 2.45) is 0 Å². The van der Waals surface area contributed by atoms with E-state index in [9.17, 15) is 4.79 Å². The summed E-state index contributed by atoms with van der Waals surface area (Å²) in [5.74, 6) is -0.0695. The van der Waals surface area contributed by atoms with E-state index in [-0.39, 0.29) is 5.56 Å². The van der Waals surface area contributed by atoms with Crippen LogP contribution >= 0.6 is 11.3 Å². The highest BCUT2D eigenvalue weighted by molar-refractivity contribution is 7.19. The van der Waals surface area contributed by atoms with E-state index >= 15 is 0 Å². The molecule has 35 heavy (non-hydrogen) atoms. The van der Waals surface area contributed by atoms with Crippen molar-refractivity contribution >= 4 is 22.3 Å². The van der Waals surface area contributed by atoms with Crippen LogP contribution in [-0.2, 0) is 4.74 Å². The molecule has 1 saturated heterocycles. The van der Waals surface area contributed by atoms with Gasteiger partial charge >= 0.3 is 5.97 Å². The minimum absolute atomic E-state index is 0.256. The van der Waals surface area contributed by atoms with Crippen molar-refractivity contribution in [2.45, 2.75) is 19.3 Å². The van der Waals surface area contributed by atoms with Crippen LogP contribution in [0, 0.1) is 0 Å². The topological polar surface area (TPSA) is 89.2 Å². The van der Waals surface area contributed by atoms with Crippen molar-refractivity contribution in [3.8, 4) is 27.6 Å². The summed E-state index contributed by atoms with van der Waals surface area (Å²) in [6, 6.07) is 14.7. The monoisotopic (exact) mass is 492 g/mol. The molecule has 1 N–H and O–H groups in total. The molecule has 9 heteroatoms. The van der Waals surface area contributed by atoms with Gasteiger partial charge in [-0.25, -0.2) is 14.3 Å². The summed E-state index contributed by atoms with van der Waals surface area (Å²) in [6.45, 7) is 5.70. The summed E-state index contributed by atoms with van der Waals surface area (Å²) >= 11 is 1.51. The lowest BCUT2D eigenvalue weighted by Gasteiger charge is -2.26. The van der Waals surface area contributed by atoms with Crippen molar-refractivity contribution in [1.29, 1.82) is 0 Å². The minimum atomic E-state index is -0.940. The number of aromatic nitrogens is 3. The molecule has 1 aliphatic rings. The first-order valence-corrected chi connectivity index (χ1v) is 12.7. The van der Waals surface area contributed by atoms with E-state index in [4.69, 9.17) is 14.6 Å². The van der Waals surface area contributed by atoms with Crippen molar-refractivity contribution in [3.05, 3.63) is 60.3 Å². The molecule has 0 unspecified atom stereocenters. The molecule has 5 rings (SSSR count). The van der Waals surface area contributed by atoms with Gasteiger partial charge in [0.15, 0.2) is 0 Å². The molecule has 0 spiro atoms. The van der Waals surface area contributed by atoms with Gasteiger partial charge in [-0.2, -0.15) is 5.10 Å². The SMILES string of the molecule is O=C(O)c1ccc(-c2cn3nc(-c4ccc(OCCCCCN5CCOCC5)cc4)sc3n2)cc1. The number of rotatable bonds is 10. The van der Waals surface area contributed by atoms with E-state index < -0.39 is 5.97 Å². The van der Waals surface area contributed by atoms with E-state index in [1.807, 2.05) is 30.5 Å². The third-order valence-corrected chi connectivity index (χ3v) is 7.03. The van der Waals surface area contributed by atoms with Gasteiger partial charge in [0.1, 0.15) is 10.8 Å². The smallest absolute Gasteiger partial charge is 0.335 e. The Morgan fingerprint density at radius 3 is 2.46 bits per heavy atom. The fourth-order valence-electron chi connectivity index (χ4n) is 4.06. The van der Waals surface area contributed by atoms with E-state index in [0.29, 0.717) is 0 Å². The lowest BCUT2D eigenvalue weighted by molar-refractivity contribution is 0.0370. The van der Waals surface area contributed by atoms with Gasteiger partial charge in [-0.1, -0.05) is 23.5 Å². The summed E-state index contributed by atoms with van der Waals surface area (Å²) in [4.78, 5) is 19.0. The zero-order valence-corrected chi connectivity index (χ0v) is 20.2. The van der Waals surface area contributed by atoms with Crippen molar-refractivity contribution in [2.75, 3.05) is 39.5 Å². The maximum absolute atomic E-state index is 11.0. The van der Waals surface area contributed by atoms with Crippen LogP contribution in [0.1, 0.15) is 29.6 Å². The Bertz CT molecular complexity index is 1230. The second kappa shape index (κ2) is 11.0. The van der Waals surface area contributed by atoms with Gasteiger partial charge in [-0.3, -0.25) is 4.90 Å². The second-order valence-corrected chi connectivity index (χ2v) is 9.49. The third-order valence-electron chi connectivity index (χ3n) is 6.06. The van der Waals surface area contributed by atoms with Crippen molar-refractivity contribution < 1.29 is 19.4 Å². The number of imidazole rings is 1. The number of hydrogen-bond acceptors (Lipinski definition) is 7. The van der Waals surface area contributed by atoms with Crippen LogP contribution in [-0.4, -0.2) is 70.0 Å². The van der Waals surface area contributed by atoms with Crippen LogP contribution in [0.2, 0.25) is 0 Å². The van der Waals surface area contributed by atoms with Gasteiger partial charge in [0.25, 0.3) is 0 Å². The van der Waals surface area contributed by atoms with Gasteiger partial charge in [0, 0.05) is 24.2 Å². The first-order valence-electron chi connectivity index (χ1n) is 11.9. The highest BCUT2D eigenvalue weighted by atomic mass is 32.1. The standard InChI is InChI=1S/C26H28N4O4S/c31-25(32)21-6-4-19(5-7-21)23-18-30-26(27-23)35-24(28-30)20-8-10-22(11-9-20)34-15-3-1-2-12-29-13-16-33-17-14-29/h4-11,18H,1-3,12-17H2,(H,31,32). The maximum Gasteiger partial charge on any atom is 0.335 e. The van der Waals surface area contributed by atoms with Crippen LogP contribution in [0.15, 0.2) is 54.7 Å². The molecule has 2 aromatic heterocycles. The third kappa shape index (κ3) is 5.87. The Kier molecular flexibility index (Phi) is 7.37. The van der Waals surface area contributed by atoms with Crippen LogP contribution in [0.4, 0.5) is 0 Å². The number of carbonyl (C=O) groups is 1. The fourth-order valence-corrected chi connectivity index (χ4v) is 4.95. The quantitative estimate of drug-likeness (QED) is 0.321. The van der Waals surface area contributed by atoms with Crippen LogP contribution in [0.5, 0.6) is 5.75 Å². The van der Waals surface area contributed by atoms with Crippen LogP contribution in [0.3, 0.4) is 0 Å². The number of unbranched alkanes of at least 4 members (excludes halogenated alkanes) is 2. The zero-order valence-electron chi connectivity index (χ0n) is 19.4. The molecule has 1 fully saturated rings. The van der Waals surface area contributed by atoms with Gasteiger partial charge in [-0.15, -0.1) is 0 Å². The maximum atomic E-state index is 11.0. The molecule has 0 aliphatic carbocycles. The van der Waals surface area contributed by atoms with E-state index in [1.54, 1.807) is 28.8 Å². The number of morpholine rings is 1. The summed E-state index contributed by atoms with van der Waals surface area (Å²) in [5.41, 5.74) is 2.90. The van der Waals surface area contributed by atoms with Crippen molar-refractivity contribution in [3.63, 3.8) is 0 Å². The van der Waals surface area contributed by atoms with Gasteiger partial charge in [-0.05, 0) is 62.2 Å². The number of benzene rings is 2. The molecular weight excluding hydrogens is 464 g/mol. The molecule has 2 aromatic carbocycles. The molecule has 0 atom stereocenters. The number of ether oxygens (including phenoxy) is 2. The lowest BCUT2D eigenvalue weighted by atomic mass is 10.1. The molecule has 0 bridgehead atoms. The Hall–Kier alpha value is -3.27. The predicted molar refractivity (Wildman–Crippen MR) is 135 cm³/mol. The summed E-state index contributed by atoms with van der Waals surface area (Å²) in [6.07, 6.45) is 5.28. The summed E-state index contributed by atoms with van der Waals surface area (Å²) < 4.78 is 13.1. The Labute approximate surface area is 207 Å². The Morgan fingerprint density at radius 2 is 1.74 bits per heavy atom. The van der Waals surface area contributed by atoms with E-state index in [0.717, 1.165) is 78.4 Å². The largest absolute Gasteiger partial charge is 0.494 e. The van der Waals surface area contributed by atoms with Crippen molar-refractivity contribution in [1.82, 2.24) is 19.5 Å². The number of fused-ring (bicyclic) bond motifs is 1. The molecule has 0 radical (unpaired) electrons. The minimum Gasteiger partial charge on any atom is -0.494 e. The fraction of sp³-hybridized carbons (Fsp3) is 0.346. The number of carboxylic acid groups (broad SMARTS) is 1. The summed E-state index contributed by atoms with van der Waals surface area (Å²) in [7, 11) is 0. The van der Waals surface area contributed by atoms with Crippen LogP contribution < -0.4 is 4.74 Å². The first kappa shape index (κ1) is 23.5. The molecular formula is C26H28N4O4S. The number of carboxylic acids is 1. The number of aromatic carboxylic acids is 1. The number of nitrogens with zero attached hydrogens (tertiary/aromatic N) is 4. The zero-order chi connectivity index (χ0) is 24.0. The molecule has 0 saturated carbocycles. The van der Waals surface area contributed by atoms with E-state index in [2.05, 4.69) is 15.0 Å². The average molecular weight is 493 g/mol. The van der Waals surface area contributed by atoms with E-state index in [1.165, 1.54) is 24.2 Å². The molecule has 8 nitrogen and oxygen atoms in total. The molecule has 4 aromatic rings. The van der Waals surface area contributed by atoms with Gasteiger partial charge in [0.2, 0.25) is 4.96 Å².